The van der Waals surface area contributed by atoms with Gasteiger partial charge < -0.3 is 15.7 Å². The van der Waals surface area contributed by atoms with Gasteiger partial charge in [0, 0.05) is 29.8 Å². The quantitative estimate of drug-likeness (QED) is 0.755. The van der Waals surface area contributed by atoms with Crippen LogP contribution >= 0.6 is 0 Å². The Morgan fingerprint density at radius 1 is 1.29 bits per heavy atom. The molecule has 1 saturated carbocycles. The fourth-order valence-electron chi connectivity index (χ4n) is 3.02. The SMILES string of the molecule is CCNC(=O)c1cccc(NCC2(CO)CCCCC2)c1. The lowest BCUT2D eigenvalue weighted by Gasteiger charge is -2.36. The van der Waals surface area contributed by atoms with Crippen molar-refractivity contribution >= 4 is 11.6 Å². The van der Waals surface area contributed by atoms with Crippen molar-refractivity contribution in [3.8, 4) is 0 Å². The highest BCUT2D eigenvalue weighted by atomic mass is 16.3. The molecule has 2 rings (SSSR count). The normalized spacial score (nSPS) is 17.2. The highest BCUT2D eigenvalue weighted by Gasteiger charge is 2.31. The van der Waals surface area contributed by atoms with Crippen LogP contribution in [-0.2, 0) is 0 Å². The Hall–Kier alpha value is -1.55. The lowest BCUT2D eigenvalue weighted by Crippen LogP contribution is -2.35. The number of rotatable bonds is 6. The Balaban J connectivity index is 1.99. The predicted octanol–water partition coefficient (Wildman–Crippen LogP) is 2.79. The summed E-state index contributed by atoms with van der Waals surface area (Å²) < 4.78 is 0. The number of anilines is 1. The Labute approximate surface area is 126 Å². The Morgan fingerprint density at radius 3 is 2.71 bits per heavy atom. The lowest BCUT2D eigenvalue weighted by molar-refractivity contribution is 0.0942. The molecule has 1 aliphatic rings. The summed E-state index contributed by atoms with van der Waals surface area (Å²) in [4.78, 5) is 11.8. The first-order valence-corrected chi connectivity index (χ1v) is 7.92. The summed E-state index contributed by atoms with van der Waals surface area (Å²) in [5.74, 6) is -0.0457. The summed E-state index contributed by atoms with van der Waals surface area (Å²) in [7, 11) is 0. The third-order valence-electron chi connectivity index (χ3n) is 4.38. The van der Waals surface area contributed by atoms with E-state index in [0.29, 0.717) is 12.1 Å². The fourth-order valence-corrected chi connectivity index (χ4v) is 3.02. The van der Waals surface area contributed by atoms with Gasteiger partial charge >= 0.3 is 0 Å². The molecule has 4 nitrogen and oxygen atoms in total. The average Bonchev–Trinajstić information content (AvgIpc) is 2.54. The maximum absolute atomic E-state index is 11.8. The van der Waals surface area contributed by atoms with E-state index in [2.05, 4.69) is 10.6 Å². The molecule has 21 heavy (non-hydrogen) atoms. The first-order valence-electron chi connectivity index (χ1n) is 7.92. The van der Waals surface area contributed by atoms with Crippen LogP contribution in [0.1, 0.15) is 49.4 Å². The van der Waals surface area contributed by atoms with Crippen LogP contribution in [0.3, 0.4) is 0 Å². The number of carbonyl (C=O) groups excluding carboxylic acids is 1. The van der Waals surface area contributed by atoms with Crippen molar-refractivity contribution in [2.45, 2.75) is 39.0 Å². The zero-order valence-corrected chi connectivity index (χ0v) is 12.8. The van der Waals surface area contributed by atoms with E-state index < -0.39 is 0 Å². The first-order chi connectivity index (χ1) is 10.2. The second-order valence-corrected chi connectivity index (χ2v) is 6.01. The molecular formula is C17H26N2O2. The van der Waals surface area contributed by atoms with E-state index in [1.54, 1.807) is 0 Å². The Bertz CT molecular complexity index is 468. The number of amides is 1. The number of carbonyl (C=O) groups is 1. The predicted molar refractivity (Wildman–Crippen MR) is 85.5 cm³/mol. The molecule has 0 spiro atoms. The van der Waals surface area contributed by atoms with Gasteiger partial charge in [-0.25, -0.2) is 0 Å². The van der Waals surface area contributed by atoms with Gasteiger partial charge in [0.2, 0.25) is 0 Å². The van der Waals surface area contributed by atoms with E-state index in [1.807, 2.05) is 31.2 Å². The molecule has 3 N–H and O–H groups in total. The Morgan fingerprint density at radius 2 is 2.05 bits per heavy atom. The van der Waals surface area contributed by atoms with Gasteiger partial charge in [0.1, 0.15) is 0 Å². The van der Waals surface area contributed by atoms with Gasteiger partial charge in [0.05, 0.1) is 6.61 Å². The largest absolute Gasteiger partial charge is 0.396 e. The molecule has 0 aromatic heterocycles. The van der Waals surface area contributed by atoms with Gasteiger partial charge in [-0.2, -0.15) is 0 Å². The minimum Gasteiger partial charge on any atom is -0.396 e. The van der Waals surface area contributed by atoms with E-state index in [0.717, 1.165) is 25.1 Å². The molecule has 0 saturated heterocycles. The Kier molecular flexibility index (Phi) is 5.62. The van der Waals surface area contributed by atoms with E-state index in [-0.39, 0.29) is 17.9 Å². The van der Waals surface area contributed by atoms with Crippen molar-refractivity contribution in [1.29, 1.82) is 0 Å². The number of aliphatic hydroxyl groups is 1. The molecule has 116 valence electrons. The van der Waals surface area contributed by atoms with Gasteiger partial charge in [-0.3, -0.25) is 4.79 Å². The standard InChI is InChI=1S/C17H26N2O2/c1-2-18-16(21)14-7-6-8-15(11-14)19-12-17(13-20)9-4-3-5-10-17/h6-8,11,19-20H,2-5,9-10,12-13H2,1H3,(H,18,21). The number of hydrogen-bond acceptors (Lipinski definition) is 3. The molecular weight excluding hydrogens is 264 g/mol. The van der Waals surface area contributed by atoms with Crippen LogP contribution in [0, 0.1) is 5.41 Å². The third kappa shape index (κ3) is 4.21. The minimum atomic E-state index is -0.0457. The second kappa shape index (κ2) is 7.46. The highest BCUT2D eigenvalue weighted by Crippen LogP contribution is 2.36. The van der Waals surface area contributed by atoms with Crippen molar-refractivity contribution in [3.63, 3.8) is 0 Å². The molecule has 1 aromatic carbocycles. The summed E-state index contributed by atoms with van der Waals surface area (Å²) in [6.45, 7) is 3.54. The van der Waals surface area contributed by atoms with Crippen molar-refractivity contribution in [2.24, 2.45) is 5.41 Å². The van der Waals surface area contributed by atoms with E-state index >= 15 is 0 Å². The fraction of sp³-hybridized carbons (Fsp3) is 0.588. The average molecular weight is 290 g/mol. The molecule has 0 atom stereocenters. The molecule has 0 heterocycles. The molecule has 1 amide bonds. The van der Waals surface area contributed by atoms with Gasteiger partial charge in [-0.1, -0.05) is 25.3 Å². The van der Waals surface area contributed by atoms with Crippen LogP contribution < -0.4 is 10.6 Å². The van der Waals surface area contributed by atoms with Crippen LogP contribution in [0.15, 0.2) is 24.3 Å². The zero-order valence-electron chi connectivity index (χ0n) is 12.8. The first kappa shape index (κ1) is 15.8. The molecule has 1 fully saturated rings. The number of nitrogens with one attached hydrogen (secondary N) is 2. The molecule has 4 heteroatoms. The number of aliphatic hydroxyl groups excluding tert-OH is 1. The molecule has 0 unspecified atom stereocenters. The van der Waals surface area contributed by atoms with Crippen molar-refractivity contribution in [1.82, 2.24) is 5.32 Å². The molecule has 1 aliphatic carbocycles. The van der Waals surface area contributed by atoms with Crippen molar-refractivity contribution in [3.05, 3.63) is 29.8 Å². The van der Waals surface area contributed by atoms with Crippen LogP contribution in [-0.4, -0.2) is 30.7 Å². The molecule has 0 radical (unpaired) electrons. The van der Waals surface area contributed by atoms with Gasteiger partial charge in [0.25, 0.3) is 5.91 Å². The summed E-state index contributed by atoms with van der Waals surface area (Å²) >= 11 is 0. The van der Waals surface area contributed by atoms with Gasteiger partial charge in [0.15, 0.2) is 0 Å². The van der Waals surface area contributed by atoms with E-state index in [1.165, 1.54) is 19.3 Å². The van der Waals surface area contributed by atoms with Crippen molar-refractivity contribution in [2.75, 3.05) is 25.0 Å². The number of benzene rings is 1. The van der Waals surface area contributed by atoms with Crippen LogP contribution in [0.2, 0.25) is 0 Å². The van der Waals surface area contributed by atoms with Gasteiger partial charge in [-0.15, -0.1) is 0 Å². The van der Waals surface area contributed by atoms with Crippen LogP contribution in [0.5, 0.6) is 0 Å². The monoisotopic (exact) mass is 290 g/mol. The van der Waals surface area contributed by atoms with Crippen LogP contribution in [0.25, 0.3) is 0 Å². The summed E-state index contributed by atoms with van der Waals surface area (Å²) in [5, 5.41) is 15.9. The molecule has 0 aliphatic heterocycles. The zero-order chi connectivity index (χ0) is 15.1. The topological polar surface area (TPSA) is 61.4 Å². The molecule has 1 aromatic rings. The lowest BCUT2D eigenvalue weighted by atomic mass is 9.74. The minimum absolute atomic E-state index is 0.0000672. The molecule has 0 bridgehead atoms. The van der Waals surface area contributed by atoms with Crippen molar-refractivity contribution < 1.29 is 9.90 Å². The summed E-state index contributed by atoms with van der Waals surface area (Å²) in [5.41, 5.74) is 1.61. The maximum atomic E-state index is 11.8. The second-order valence-electron chi connectivity index (χ2n) is 6.01. The van der Waals surface area contributed by atoms with E-state index in [9.17, 15) is 9.90 Å². The summed E-state index contributed by atoms with van der Waals surface area (Å²) in [6, 6.07) is 7.55. The maximum Gasteiger partial charge on any atom is 0.251 e. The third-order valence-corrected chi connectivity index (χ3v) is 4.38. The van der Waals surface area contributed by atoms with Crippen LogP contribution in [0.4, 0.5) is 5.69 Å². The number of hydrogen-bond donors (Lipinski definition) is 3. The smallest absolute Gasteiger partial charge is 0.251 e. The highest BCUT2D eigenvalue weighted by molar-refractivity contribution is 5.95. The van der Waals surface area contributed by atoms with E-state index in [4.69, 9.17) is 0 Å². The van der Waals surface area contributed by atoms with Gasteiger partial charge in [-0.05, 0) is 38.0 Å². The summed E-state index contributed by atoms with van der Waals surface area (Å²) in [6.07, 6.45) is 5.82.